The maximum absolute atomic E-state index is 4.35. The molecule has 32 heavy (non-hydrogen) atoms. The summed E-state index contributed by atoms with van der Waals surface area (Å²) in [5.41, 5.74) is 1.95. The van der Waals surface area contributed by atoms with Crippen LogP contribution < -0.4 is 0 Å². The Morgan fingerprint density at radius 3 is 0.969 bits per heavy atom. The minimum Gasteiger partial charge on any atom is -0.358 e. The van der Waals surface area contributed by atoms with Gasteiger partial charge in [-0.3, -0.25) is 9.97 Å². The number of aromatic nitrogens is 2. The Bertz CT molecular complexity index is 902. The molecule has 5 aromatic rings. The van der Waals surface area contributed by atoms with E-state index < -0.39 is 0 Å². The summed E-state index contributed by atoms with van der Waals surface area (Å²) in [5, 5.41) is 2.28. The summed E-state index contributed by atoms with van der Waals surface area (Å²) in [6.45, 7) is 4.00. The largest absolute Gasteiger partial charge is 1.00 e. The second kappa shape index (κ2) is 21.9. The number of hydrogen-bond donors (Lipinski definition) is 0. The monoisotopic (exact) mass is 586 g/mol. The molecule has 0 unspecified atom stereocenters. The number of alkyl halides is 1. The van der Waals surface area contributed by atoms with E-state index in [2.05, 4.69) is 56.8 Å². The second-order valence-corrected chi connectivity index (χ2v) is 5.53. The summed E-state index contributed by atoms with van der Waals surface area (Å²) < 4.78 is 0. The molecule has 2 nitrogen and oxygen atoms in total. The molecule has 172 valence electrons. The summed E-state index contributed by atoms with van der Waals surface area (Å²) in [4.78, 5) is 10.7. The van der Waals surface area contributed by atoms with Crippen LogP contribution in [0.5, 0.6) is 0 Å². The SMILES string of the molecule is CC.CI.[CH3-].[Cu+].c1ccccc1.c1ccccc1.c1cnc2c(c1)ccc1cccnc12. The number of fused-ring (bicyclic) bond motifs is 3. The van der Waals surface area contributed by atoms with E-state index in [0.29, 0.717) is 0 Å². The van der Waals surface area contributed by atoms with Gasteiger partial charge in [-0.05, 0) is 17.1 Å². The Morgan fingerprint density at radius 1 is 0.469 bits per heavy atom. The van der Waals surface area contributed by atoms with Gasteiger partial charge in [0.1, 0.15) is 0 Å². The van der Waals surface area contributed by atoms with Crippen molar-refractivity contribution in [2.24, 2.45) is 0 Å². The molecule has 2 aromatic heterocycles. The molecule has 0 aliphatic carbocycles. The fourth-order valence-electron chi connectivity index (χ4n) is 2.45. The third kappa shape index (κ3) is 11.9. The molecule has 0 atom stereocenters. The van der Waals surface area contributed by atoms with E-state index in [4.69, 9.17) is 0 Å². The molecule has 0 amide bonds. The molecule has 0 aliphatic rings. The maximum atomic E-state index is 4.35. The first kappa shape index (κ1) is 31.9. The minimum atomic E-state index is 0. The fraction of sp³-hybridized carbons (Fsp3) is 0.107. The summed E-state index contributed by atoms with van der Waals surface area (Å²) in [5.74, 6) is 0. The van der Waals surface area contributed by atoms with Crippen LogP contribution in [0.3, 0.4) is 0 Å². The smallest absolute Gasteiger partial charge is 0.358 e. The zero-order valence-corrected chi connectivity index (χ0v) is 22.2. The van der Waals surface area contributed by atoms with Crippen molar-refractivity contribution >= 4 is 44.4 Å². The van der Waals surface area contributed by atoms with Crippen molar-refractivity contribution < 1.29 is 17.1 Å². The molecule has 0 aliphatic heterocycles. The van der Waals surface area contributed by atoms with Gasteiger partial charge >= 0.3 is 17.1 Å². The van der Waals surface area contributed by atoms with Crippen LogP contribution in [0.4, 0.5) is 0 Å². The average molecular weight is 587 g/mol. The second-order valence-electron chi connectivity index (χ2n) is 5.53. The van der Waals surface area contributed by atoms with Crippen LogP contribution in [0, 0.1) is 7.43 Å². The van der Waals surface area contributed by atoms with Gasteiger partial charge in [0.15, 0.2) is 0 Å². The van der Waals surface area contributed by atoms with Crippen molar-refractivity contribution in [3.8, 4) is 0 Å². The molecule has 0 saturated heterocycles. The normalized spacial score (nSPS) is 8.12. The zero-order chi connectivity index (χ0) is 21.9. The van der Waals surface area contributed by atoms with Crippen molar-refractivity contribution in [2.45, 2.75) is 13.8 Å². The predicted octanol–water partition coefficient (Wildman–Crippen LogP) is 8.68. The van der Waals surface area contributed by atoms with Crippen molar-refractivity contribution in [3.05, 3.63) is 129 Å². The molecule has 0 N–H and O–H groups in total. The van der Waals surface area contributed by atoms with Crippen molar-refractivity contribution in [1.29, 1.82) is 0 Å². The molecule has 4 heteroatoms. The van der Waals surface area contributed by atoms with Crippen LogP contribution in [0.15, 0.2) is 122 Å². The Kier molecular flexibility index (Phi) is 21.9. The van der Waals surface area contributed by atoms with Crippen LogP contribution in [-0.4, -0.2) is 14.9 Å². The first-order chi connectivity index (χ1) is 14.9. The Balaban J connectivity index is 0. The average Bonchev–Trinajstić information content (AvgIpc) is 2.89. The molecular formula is C28H32CuIN2. The van der Waals surface area contributed by atoms with Gasteiger partial charge in [-0.15, -0.1) is 0 Å². The Hall–Kier alpha value is -2.27. The van der Waals surface area contributed by atoms with E-state index in [9.17, 15) is 0 Å². The van der Waals surface area contributed by atoms with Crippen LogP contribution in [0.2, 0.25) is 0 Å². The molecule has 0 bridgehead atoms. The summed E-state index contributed by atoms with van der Waals surface area (Å²) in [7, 11) is 0. The van der Waals surface area contributed by atoms with Gasteiger partial charge in [-0.2, -0.15) is 0 Å². The van der Waals surface area contributed by atoms with E-state index in [-0.39, 0.29) is 24.5 Å². The fourth-order valence-corrected chi connectivity index (χ4v) is 2.45. The number of hydrogen-bond acceptors (Lipinski definition) is 2. The van der Waals surface area contributed by atoms with Crippen molar-refractivity contribution in [2.75, 3.05) is 4.93 Å². The third-order valence-electron chi connectivity index (χ3n) is 3.68. The number of pyridine rings is 2. The van der Waals surface area contributed by atoms with E-state index in [0.717, 1.165) is 21.8 Å². The van der Waals surface area contributed by atoms with Gasteiger partial charge in [-0.25, -0.2) is 0 Å². The van der Waals surface area contributed by atoms with Gasteiger partial charge in [0.05, 0.1) is 11.0 Å². The van der Waals surface area contributed by atoms with E-state index in [1.165, 1.54) is 0 Å². The van der Waals surface area contributed by atoms with Crippen LogP contribution in [0.1, 0.15) is 13.8 Å². The van der Waals surface area contributed by atoms with E-state index in [1.807, 2.05) is 104 Å². The molecule has 0 fully saturated rings. The zero-order valence-electron chi connectivity index (χ0n) is 19.1. The van der Waals surface area contributed by atoms with Crippen molar-refractivity contribution in [1.82, 2.24) is 9.97 Å². The predicted molar refractivity (Wildman–Crippen MR) is 148 cm³/mol. The van der Waals surface area contributed by atoms with Crippen LogP contribution in [-0.2, 0) is 17.1 Å². The van der Waals surface area contributed by atoms with Crippen molar-refractivity contribution in [3.63, 3.8) is 0 Å². The first-order valence-corrected chi connectivity index (χ1v) is 12.1. The van der Waals surface area contributed by atoms with Crippen LogP contribution in [0.25, 0.3) is 21.8 Å². The number of benzene rings is 3. The molecule has 2 heterocycles. The summed E-state index contributed by atoms with van der Waals surface area (Å²) in [6, 6.07) is 36.1. The maximum Gasteiger partial charge on any atom is 1.00 e. The molecule has 3 aromatic carbocycles. The number of nitrogens with zero attached hydrogens (tertiary/aromatic N) is 2. The van der Waals surface area contributed by atoms with E-state index in [1.54, 1.807) is 12.4 Å². The summed E-state index contributed by atoms with van der Waals surface area (Å²) in [6.07, 6.45) is 3.60. The Morgan fingerprint density at radius 2 is 0.719 bits per heavy atom. The van der Waals surface area contributed by atoms with E-state index >= 15 is 0 Å². The molecule has 5 rings (SSSR count). The summed E-state index contributed by atoms with van der Waals surface area (Å²) >= 11 is 2.15. The van der Waals surface area contributed by atoms with Gasteiger partial charge in [-0.1, -0.05) is 134 Å². The van der Waals surface area contributed by atoms with Gasteiger partial charge in [0.2, 0.25) is 0 Å². The van der Waals surface area contributed by atoms with Crippen LogP contribution >= 0.6 is 22.6 Å². The number of rotatable bonds is 0. The number of halogens is 1. The Labute approximate surface area is 218 Å². The van der Waals surface area contributed by atoms with Gasteiger partial charge < -0.3 is 7.43 Å². The van der Waals surface area contributed by atoms with Gasteiger partial charge in [0, 0.05) is 23.2 Å². The molecule has 0 saturated carbocycles. The topological polar surface area (TPSA) is 25.8 Å². The molecular weight excluding hydrogens is 555 g/mol. The van der Waals surface area contributed by atoms with Gasteiger partial charge in [0.25, 0.3) is 0 Å². The first-order valence-electron chi connectivity index (χ1n) is 9.91. The molecule has 0 spiro atoms. The standard InChI is InChI=1S/C12H8N2.2C6H6.C2H6.CH3I.CH3.Cu/c1-3-9-5-6-10-4-2-8-14-12(10)11(9)13-7-1;2*1-2-4-6-5-3-1;2*1-2;;/h1-8H;2*1-6H;1-2H3;1H3;1H3;/q;;;;;-1;+1. The third-order valence-corrected chi connectivity index (χ3v) is 3.68. The quantitative estimate of drug-likeness (QED) is 0.0596. The minimum absolute atomic E-state index is 0. The molecule has 0 radical (unpaired) electrons.